The molecule has 4 rings (SSSR count). The molecule has 1 fully saturated rings. The summed E-state index contributed by atoms with van der Waals surface area (Å²) in [5, 5.41) is 2.82. The average molecular weight is 587 g/mol. The summed E-state index contributed by atoms with van der Waals surface area (Å²) < 4.78 is 9.87. The van der Waals surface area contributed by atoms with Crippen molar-refractivity contribution < 1.29 is 33.4 Å². The average Bonchev–Trinajstić information content (AvgIpc) is 3.04. The van der Waals surface area contributed by atoms with Gasteiger partial charge in [0, 0.05) is 37.8 Å². The van der Waals surface area contributed by atoms with Crippen LogP contribution in [0.25, 0.3) is 0 Å². The van der Waals surface area contributed by atoms with Crippen LogP contribution in [0.2, 0.25) is 0 Å². The van der Waals surface area contributed by atoms with Crippen molar-refractivity contribution in [2.75, 3.05) is 52.3 Å². The van der Waals surface area contributed by atoms with Crippen molar-refractivity contribution in [2.45, 2.75) is 12.5 Å². The lowest BCUT2D eigenvalue weighted by Gasteiger charge is -2.34. The van der Waals surface area contributed by atoms with Crippen LogP contribution >= 0.6 is 0 Å². The van der Waals surface area contributed by atoms with Gasteiger partial charge in [-0.15, -0.1) is 0 Å². The number of carbonyl (C=O) groups is 5. The van der Waals surface area contributed by atoms with Gasteiger partial charge >= 0.3 is 5.97 Å². The summed E-state index contributed by atoms with van der Waals surface area (Å²) in [7, 11) is 4.47. The van der Waals surface area contributed by atoms with E-state index in [1.165, 1.54) is 46.1 Å². The molecule has 0 aliphatic carbocycles. The van der Waals surface area contributed by atoms with E-state index in [-0.39, 0.29) is 50.3 Å². The van der Waals surface area contributed by atoms with Crippen LogP contribution in [0.1, 0.15) is 26.3 Å². The smallest absolute Gasteiger partial charge is 0.337 e. The largest absolute Gasteiger partial charge is 0.497 e. The maximum Gasteiger partial charge on any atom is 0.337 e. The summed E-state index contributed by atoms with van der Waals surface area (Å²) in [6, 6.07) is 21.5. The van der Waals surface area contributed by atoms with Crippen molar-refractivity contribution >= 4 is 35.3 Å². The van der Waals surface area contributed by atoms with Gasteiger partial charge in [-0.3, -0.25) is 19.2 Å². The molecule has 3 aromatic rings. The summed E-state index contributed by atoms with van der Waals surface area (Å²) in [5.74, 6) is -1.40. The fourth-order valence-corrected chi connectivity index (χ4v) is 4.73. The minimum absolute atomic E-state index is 0.154. The van der Waals surface area contributed by atoms with Gasteiger partial charge < -0.3 is 29.5 Å². The monoisotopic (exact) mass is 586 g/mol. The highest BCUT2D eigenvalue weighted by Crippen LogP contribution is 2.20. The maximum atomic E-state index is 13.6. The summed E-state index contributed by atoms with van der Waals surface area (Å²) in [4.78, 5) is 68.5. The predicted molar refractivity (Wildman–Crippen MR) is 159 cm³/mol. The molecule has 1 saturated heterocycles. The van der Waals surface area contributed by atoms with Crippen LogP contribution in [-0.2, 0) is 25.5 Å². The Labute approximate surface area is 250 Å². The van der Waals surface area contributed by atoms with E-state index in [2.05, 4.69) is 10.1 Å². The SMILES string of the molecule is COC(=O)c1ccc(C(=O)N2CCN(CC(=O)N[C@@H](Cc3ccccc3)C(=O)N(C)c3ccc(OC)cc3)C(=O)C2)cc1. The summed E-state index contributed by atoms with van der Waals surface area (Å²) in [5.41, 5.74) is 2.14. The Morgan fingerprint density at radius 2 is 1.53 bits per heavy atom. The molecule has 0 bridgehead atoms. The third kappa shape index (κ3) is 7.76. The molecule has 4 amide bonds. The summed E-state index contributed by atoms with van der Waals surface area (Å²) in [6.07, 6.45) is 0.261. The zero-order chi connectivity index (χ0) is 30.9. The van der Waals surface area contributed by atoms with E-state index >= 15 is 0 Å². The highest BCUT2D eigenvalue weighted by molar-refractivity contribution is 6.00. The maximum absolute atomic E-state index is 13.6. The van der Waals surface area contributed by atoms with Crippen molar-refractivity contribution in [3.05, 3.63) is 95.6 Å². The van der Waals surface area contributed by atoms with Crippen LogP contribution in [-0.4, -0.2) is 92.9 Å². The van der Waals surface area contributed by atoms with Gasteiger partial charge in [0.2, 0.25) is 17.7 Å². The Morgan fingerprint density at radius 1 is 0.884 bits per heavy atom. The quantitative estimate of drug-likeness (QED) is 0.361. The second kappa shape index (κ2) is 14.1. The molecule has 1 aliphatic heterocycles. The number of piperazine rings is 1. The molecule has 11 heteroatoms. The van der Waals surface area contributed by atoms with Crippen molar-refractivity contribution in [3.63, 3.8) is 0 Å². The Bertz CT molecular complexity index is 1460. The third-order valence-corrected chi connectivity index (χ3v) is 7.20. The number of anilines is 1. The van der Waals surface area contributed by atoms with Crippen LogP contribution in [0.15, 0.2) is 78.9 Å². The topological polar surface area (TPSA) is 126 Å². The second-order valence-corrected chi connectivity index (χ2v) is 10.0. The number of ether oxygens (including phenoxy) is 2. The van der Waals surface area contributed by atoms with Crippen LogP contribution in [0.4, 0.5) is 5.69 Å². The Hall–Kier alpha value is -5.19. The summed E-state index contributed by atoms with van der Waals surface area (Å²) in [6.45, 7) is -0.0680. The standard InChI is InChI=1S/C32H34N4O7/c1-34(25-13-15-26(42-2)16-14-25)31(40)27(19-22-7-5-4-6-8-22)33-28(37)20-35-17-18-36(21-29(35)38)30(39)23-9-11-24(12-10-23)32(41)43-3/h4-16,27H,17-21H2,1-3H3,(H,33,37)/t27-/m0/s1. The highest BCUT2D eigenvalue weighted by Gasteiger charge is 2.31. The molecule has 0 unspecified atom stereocenters. The first-order chi connectivity index (χ1) is 20.7. The molecule has 224 valence electrons. The molecule has 1 aliphatic rings. The van der Waals surface area contributed by atoms with Gasteiger partial charge in [0.1, 0.15) is 18.3 Å². The molecular formula is C32H34N4O7. The van der Waals surface area contributed by atoms with Crippen molar-refractivity contribution in [1.29, 1.82) is 0 Å². The number of carbonyl (C=O) groups excluding carboxylic acids is 5. The number of amides is 4. The molecule has 1 heterocycles. The number of esters is 1. The van der Waals surface area contributed by atoms with Gasteiger partial charge in [-0.25, -0.2) is 4.79 Å². The van der Waals surface area contributed by atoms with Gasteiger partial charge in [-0.1, -0.05) is 30.3 Å². The molecule has 3 aromatic carbocycles. The zero-order valence-electron chi connectivity index (χ0n) is 24.3. The fraction of sp³-hybridized carbons (Fsp3) is 0.281. The number of hydrogen-bond acceptors (Lipinski definition) is 7. The van der Waals surface area contributed by atoms with E-state index in [1.807, 2.05) is 30.3 Å². The lowest BCUT2D eigenvalue weighted by Crippen LogP contribution is -2.56. The lowest BCUT2D eigenvalue weighted by atomic mass is 10.0. The van der Waals surface area contributed by atoms with Crippen molar-refractivity contribution in [2.24, 2.45) is 0 Å². The fourth-order valence-electron chi connectivity index (χ4n) is 4.73. The van der Waals surface area contributed by atoms with Gasteiger partial charge in [-0.2, -0.15) is 0 Å². The van der Waals surface area contributed by atoms with Gasteiger partial charge in [0.25, 0.3) is 5.91 Å². The minimum Gasteiger partial charge on any atom is -0.497 e. The van der Waals surface area contributed by atoms with E-state index in [9.17, 15) is 24.0 Å². The molecule has 1 N–H and O–H groups in total. The molecule has 11 nitrogen and oxygen atoms in total. The van der Waals surface area contributed by atoms with Crippen molar-refractivity contribution in [3.8, 4) is 5.75 Å². The van der Waals surface area contributed by atoms with E-state index in [0.717, 1.165) is 5.56 Å². The van der Waals surface area contributed by atoms with Crippen molar-refractivity contribution in [1.82, 2.24) is 15.1 Å². The molecule has 1 atom stereocenters. The molecule has 0 saturated carbocycles. The third-order valence-electron chi connectivity index (χ3n) is 7.20. The number of likely N-dealkylation sites (N-methyl/N-ethyl adjacent to an activating group) is 1. The molecule has 0 radical (unpaired) electrons. The molecule has 0 aromatic heterocycles. The van der Waals surface area contributed by atoms with Crippen LogP contribution in [0, 0.1) is 0 Å². The first-order valence-electron chi connectivity index (χ1n) is 13.7. The number of rotatable bonds is 10. The minimum atomic E-state index is -0.882. The van der Waals surface area contributed by atoms with Gasteiger partial charge in [0.05, 0.1) is 26.3 Å². The molecular weight excluding hydrogens is 552 g/mol. The highest BCUT2D eigenvalue weighted by atomic mass is 16.5. The number of benzene rings is 3. The molecule has 0 spiro atoms. The zero-order valence-corrected chi connectivity index (χ0v) is 24.3. The number of hydrogen-bond donors (Lipinski definition) is 1. The van der Waals surface area contributed by atoms with E-state index < -0.39 is 17.9 Å². The number of nitrogens with one attached hydrogen (secondary N) is 1. The number of methoxy groups -OCH3 is 2. The lowest BCUT2D eigenvalue weighted by molar-refractivity contribution is -0.139. The Balaban J connectivity index is 1.38. The number of nitrogens with zero attached hydrogens (tertiary/aromatic N) is 3. The first kappa shape index (κ1) is 30.8. The predicted octanol–water partition coefficient (Wildman–Crippen LogP) is 2.16. The normalized spacial score (nSPS) is 13.6. The van der Waals surface area contributed by atoms with Crippen LogP contribution < -0.4 is 15.0 Å². The van der Waals surface area contributed by atoms with Crippen LogP contribution in [0.5, 0.6) is 5.75 Å². The van der Waals surface area contributed by atoms with E-state index in [0.29, 0.717) is 22.6 Å². The molecule has 43 heavy (non-hydrogen) atoms. The van der Waals surface area contributed by atoms with Gasteiger partial charge in [-0.05, 0) is 54.1 Å². The van der Waals surface area contributed by atoms with E-state index in [4.69, 9.17) is 4.74 Å². The van der Waals surface area contributed by atoms with E-state index in [1.54, 1.807) is 38.4 Å². The van der Waals surface area contributed by atoms with Crippen LogP contribution in [0.3, 0.4) is 0 Å². The Kier molecular flexibility index (Phi) is 10.1. The second-order valence-electron chi connectivity index (χ2n) is 10.0. The summed E-state index contributed by atoms with van der Waals surface area (Å²) >= 11 is 0. The first-order valence-corrected chi connectivity index (χ1v) is 13.7. The Morgan fingerprint density at radius 3 is 2.14 bits per heavy atom. The van der Waals surface area contributed by atoms with Gasteiger partial charge in [0.15, 0.2) is 0 Å².